The number of carbonyl (C=O) groups excluding carboxylic acids is 1. The molecule has 0 unspecified atom stereocenters. The van der Waals surface area contributed by atoms with E-state index in [0.717, 1.165) is 11.3 Å². The highest BCUT2D eigenvalue weighted by Gasteiger charge is 2.12. The van der Waals surface area contributed by atoms with E-state index in [1.807, 2.05) is 42.5 Å². The van der Waals surface area contributed by atoms with Gasteiger partial charge in [0.05, 0.1) is 17.8 Å². The standard InChI is InChI=1S/C20H19ClN4O2/c1-13-23-17(11-19(24-13)25-16-9-5-4-8-15(16)21)20(26)22-12-14-7-3-6-10-18(14)27-2/h3-11H,12H2,1-2H3,(H,22,26)(H,23,24,25). The average Bonchev–Trinajstić information content (AvgIpc) is 2.67. The Hall–Kier alpha value is -3.12. The smallest absolute Gasteiger partial charge is 0.270 e. The zero-order valence-corrected chi connectivity index (χ0v) is 15.7. The molecule has 1 heterocycles. The van der Waals surface area contributed by atoms with Gasteiger partial charge in [-0.1, -0.05) is 41.9 Å². The molecule has 0 aliphatic carbocycles. The number of para-hydroxylation sites is 2. The van der Waals surface area contributed by atoms with Crippen molar-refractivity contribution in [3.05, 3.63) is 76.7 Å². The number of anilines is 2. The van der Waals surface area contributed by atoms with Crippen LogP contribution in [-0.2, 0) is 6.54 Å². The summed E-state index contributed by atoms with van der Waals surface area (Å²) in [6, 6.07) is 16.4. The number of amides is 1. The van der Waals surface area contributed by atoms with Crippen molar-refractivity contribution in [2.24, 2.45) is 0 Å². The normalized spacial score (nSPS) is 10.3. The number of aryl methyl sites for hydroxylation is 1. The summed E-state index contributed by atoms with van der Waals surface area (Å²) < 4.78 is 5.30. The molecule has 27 heavy (non-hydrogen) atoms. The van der Waals surface area contributed by atoms with Crippen LogP contribution in [0.1, 0.15) is 21.9 Å². The molecule has 6 nitrogen and oxygen atoms in total. The van der Waals surface area contributed by atoms with Crippen LogP contribution in [0.15, 0.2) is 54.6 Å². The quantitative estimate of drug-likeness (QED) is 0.670. The summed E-state index contributed by atoms with van der Waals surface area (Å²) in [7, 11) is 1.60. The topological polar surface area (TPSA) is 76.1 Å². The summed E-state index contributed by atoms with van der Waals surface area (Å²) in [5.74, 6) is 1.40. The molecule has 0 bridgehead atoms. The van der Waals surface area contributed by atoms with Crippen LogP contribution in [0.5, 0.6) is 5.75 Å². The van der Waals surface area contributed by atoms with E-state index in [1.165, 1.54) is 0 Å². The van der Waals surface area contributed by atoms with Gasteiger partial charge >= 0.3 is 0 Å². The summed E-state index contributed by atoms with van der Waals surface area (Å²) in [5, 5.41) is 6.54. The highest BCUT2D eigenvalue weighted by Crippen LogP contribution is 2.24. The zero-order chi connectivity index (χ0) is 19.2. The number of rotatable bonds is 6. The SMILES string of the molecule is COc1ccccc1CNC(=O)c1cc(Nc2ccccc2Cl)nc(C)n1. The van der Waals surface area contributed by atoms with Gasteiger partial charge in [0.2, 0.25) is 0 Å². The lowest BCUT2D eigenvalue weighted by Gasteiger charge is -2.11. The van der Waals surface area contributed by atoms with Crippen LogP contribution in [0.3, 0.4) is 0 Å². The van der Waals surface area contributed by atoms with Crippen LogP contribution in [0.4, 0.5) is 11.5 Å². The van der Waals surface area contributed by atoms with Crippen molar-refractivity contribution in [2.45, 2.75) is 13.5 Å². The van der Waals surface area contributed by atoms with Crippen molar-refractivity contribution in [1.82, 2.24) is 15.3 Å². The third kappa shape index (κ3) is 4.74. The van der Waals surface area contributed by atoms with E-state index < -0.39 is 0 Å². The van der Waals surface area contributed by atoms with E-state index in [9.17, 15) is 4.79 Å². The fourth-order valence-electron chi connectivity index (χ4n) is 2.56. The fraction of sp³-hybridized carbons (Fsp3) is 0.150. The molecule has 0 spiro atoms. The van der Waals surface area contributed by atoms with Gasteiger partial charge in [0.1, 0.15) is 23.1 Å². The molecule has 1 amide bonds. The summed E-state index contributed by atoms with van der Waals surface area (Å²) >= 11 is 6.17. The Labute approximate surface area is 162 Å². The first kappa shape index (κ1) is 18.7. The van der Waals surface area contributed by atoms with Gasteiger partial charge < -0.3 is 15.4 Å². The maximum absolute atomic E-state index is 12.5. The lowest BCUT2D eigenvalue weighted by atomic mass is 10.2. The number of ether oxygens (including phenoxy) is 1. The van der Waals surface area contributed by atoms with Crippen LogP contribution in [-0.4, -0.2) is 23.0 Å². The Morgan fingerprint density at radius 1 is 1.11 bits per heavy atom. The Balaban J connectivity index is 1.75. The van der Waals surface area contributed by atoms with E-state index in [-0.39, 0.29) is 11.6 Å². The number of hydrogen-bond donors (Lipinski definition) is 2. The molecule has 0 fully saturated rings. The minimum absolute atomic E-state index is 0.270. The second-order valence-electron chi connectivity index (χ2n) is 5.79. The van der Waals surface area contributed by atoms with Crippen LogP contribution in [0.2, 0.25) is 5.02 Å². The molecule has 0 radical (unpaired) electrons. The molecule has 7 heteroatoms. The van der Waals surface area contributed by atoms with E-state index in [1.54, 1.807) is 26.2 Å². The second-order valence-corrected chi connectivity index (χ2v) is 6.19. The number of aromatic nitrogens is 2. The summed E-state index contributed by atoms with van der Waals surface area (Å²) in [6.07, 6.45) is 0. The van der Waals surface area contributed by atoms with Gasteiger partial charge in [0, 0.05) is 18.2 Å². The minimum atomic E-state index is -0.298. The molecule has 0 aliphatic rings. The van der Waals surface area contributed by atoms with E-state index >= 15 is 0 Å². The Morgan fingerprint density at radius 3 is 2.63 bits per heavy atom. The van der Waals surface area contributed by atoms with Gasteiger partial charge in [-0.05, 0) is 25.1 Å². The van der Waals surface area contributed by atoms with Gasteiger partial charge in [-0.3, -0.25) is 4.79 Å². The number of nitrogens with one attached hydrogen (secondary N) is 2. The number of nitrogens with zero attached hydrogens (tertiary/aromatic N) is 2. The van der Waals surface area contributed by atoms with E-state index in [4.69, 9.17) is 16.3 Å². The van der Waals surface area contributed by atoms with Gasteiger partial charge in [-0.2, -0.15) is 0 Å². The molecule has 2 aromatic carbocycles. The number of halogens is 1. The largest absolute Gasteiger partial charge is 0.496 e. The summed E-state index contributed by atoms with van der Waals surface area (Å²) in [5.41, 5.74) is 1.86. The maximum atomic E-state index is 12.5. The third-order valence-electron chi connectivity index (χ3n) is 3.84. The van der Waals surface area contributed by atoms with Crippen molar-refractivity contribution in [1.29, 1.82) is 0 Å². The lowest BCUT2D eigenvalue weighted by Crippen LogP contribution is -2.24. The number of hydrogen-bond acceptors (Lipinski definition) is 5. The van der Waals surface area contributed by atoms with Crippen LogP contribution in [0, 0.1) is 6.92 Å². The van der Waals surface area contributed by atoms with Crippen molar-refractivity contribution in [2.75, 3.05) is 12.4 Å². The first-order valence-corrected chi connectivity index (χ1v) is 8.72. The number of benzene rings is 2. The predicted octanol–water partition coefficient (Wildman–Crippen LogP) is 4.12. The first-order chi connectivity index (χ1) is 13.1. The Morgan fingerprint density at radius 2 is 1.85 bits per heavy atom. The van der Waals surface area contributed by atoms with Crippen LogP contribution >= 0.6 is 11.6 Å². The molecule has 0 aliphatic heterocycles. The van der Waals surface area contributed by atoms with Crippen molar-refractivity contribution in [3.63, 3.8) is 0 Å². The molecule has 3 rings (SSSR count). The van der Waals surface area contributed by atoms with Gasteiger partial charge in [0.15, 0.2) is 0 Å². The highest BCUT2D eigenvalue weighted by molar-refractivity contribution is 6.33. The van der Waals surface area contributed by atoms with Crippen molar-refractivity contribution < 1.29 is 9.53 Å². The predicted molar refractivity (Wildman–Crippen MR) is 106 cm³/mol. The first-order valence-electron chi connectivity index (χ1n) is 8.34. The molecular formula is C20H19ClN4O2. The molecular weight excluding hydrogens is 364 g/mol. The molecule has 138 valence electrons. The maximum Gasteiger partial charge on any atom is 0.270 e. The van der Waals surface area contributed by atoms with Gasteiger partial charge in [0.25, 0.3) is 5.91 Å². The summed E-state index contributed by atoms with van der Waals surface area (Å²) in [4.78, 5) is 21.1. The van der Waals surface area contributed by atoms with Gasteiger partial charge in [-0.15, -0.1) is 0 Å². The van der Waals surface area contributed by atoms with E-state index in [0.29, 0.717) is 28.9 Å². The molecule has 0 saturated heterocycles. The molecule has 0 saturated carbocycles. The average molecular weight is 383 g/mol. The monoisotopic (exact) mass is 382 g/mol. The highest BCUT2D eigenvalue weighted by atomic mass is 35.5. The van der Waals surface area contributed by atoms with Crippen molar-refractivity contribution >= 4 is 29.0 Å². The molecule has 0 atom stereocenters. The lowest BCUT2D eigenvalue weighted by molar-refractivity contribution is 0.0945. The number of carbonyl (C=O) groups is 1. The third-order valence-corrected chi connectivity index (χ3v) is 4.17. The fourth-order valence-corrected chi connectivity index (χ4v) is 2.75. The molecule has 3 aromatic rings. The zero-order valence-electron chi connectivity index (χ0n) is 15.0. The van der Waals surface area contributed by atoms with Crippen molar-refractivity contribution in [3.8, 4) is 5.75 Å². The molecule has 1 aromatic heterocycles. The van der Waals surface area contributed by atoms with E-state index in [2.05, 4.69) is 20.6 Å². The van der Waals surface area contributed by atoms with Crippen LogP contribution in [0.25, 0.3) is 0 Å². The van der Waals surface area contributed by atoms with Crippen LogP contribution < -0.4 is 15.4 Å². The second kappa shape index (κ2) is 8.51. The molecule has 2 N–H and O–H groups in total. The Bertz CT molecular complexity index is 962. The summed E-state index contributed by atoms with van der Waals surface area (Å²) in [6.45, 7) is 2.06. The van der Waals surface area contributed by atoms with Gasteiger partial charge in [-0.25, -0.2) is 9.97 Å². The Kier molecular flexibility index (Phi) is 5.88. The number of methoxy groups -OCH3 is 1. The minimum Gasteiger partial charge on any atom is -0.496 e.